The number of aliphatic carboxylic acids is 1. The topological polar surface area (TPSA) is 60.9 Å². The number of likely N-dealkylation sites (tertiary alicyclic amines) is 1. The quantitative estimate of drug-likeness (QED) is 0.709. The van der Waals surface area contributed by atoms with E-state index in [0.29, 0.717) is 12.3 Å². The summed E-state index contributed by atoms with van der Waals surface area (Å²) in [5.41, 5.74) is 0. The Kier molecular flexibility index (Phi) is 8.35. The third-order valence-electron chi connectivity index (χ3n) is 4.35. The highest BCUT2D eigenvalue weighted by Gasteiger charge is 2.20. The number of carbonyl (C=O) groups excluding carboxylic acids is 1. The molecule has 1 rings (SSSR count). The number of hydrogen-bond donors (Lipinski definition) is 1. The van der Waals surface area contributed by atoms with E-state index < -0.39 is 5.97 Å². The molecular weight excluding hydrogens is 268 g/mol. The molecule has 1 N–H and O–H groups in total. The van der Waals surface area contributed by atoms with Crippen molar-refractivity contribution in [2.45, 2.75) is 52.4 Å². The van der Waals surface area contributed by atoms with Crippen LogP contribution in [0.5, 0.6) is 0 Å². The molecule has 0 radical (unpaired) electrons. The van der Waals surface area contributed by atoms with E-state index in [-0.39, 0.29) is 12.3 Å². The SMILES string of the molecule is CCN(CC)C(=O)CCCN1CCCC(CCC(=O)O)C1. The van der Waals surface area contributed by atoms with Crippen LogP contribution in [0.25, 0.3) is 0 Å². The minimum absolute atomic E-state index is 0.249. The maximum atomic E-state index is 11.9. The van der Waals surface area contributed by atoms with Gasteiger partial charge in [-0.25, -0.2) is 0 Å². The average Bonchev–Trinajstić information content (AvgIpc) is 2.47. The van der Waals surface area contributed by atoms with Crippen LogP contribution in [0.1, 0.15) is 52.4 Å². The van der Waals surface area contributed by atoms with Crippen LogP contribution in [-0.4, -0.2) is 59.5 Å². The normalized spacial score (nSPS) is 19.4. The number of hydrogen-bond acceptors (Lipinski definition) is 3. The fourth-order valence-electron chi connectivity index (χ4n) is 3.11. The maximum absolute atomic E-state index is 11.9. The van der Waals surface area contributed by atoms with E-state index in [1.54, 1.807) is 0 Å². The molecule has 0 bridgehead atoms. The molecule has 1 unspecified atom stereocenters. The second kappa shape index (κ2) is 9.77. The molecule has 0 aromatic rings. The number of carboxylic acids is 1. The summed E-state index contributed by atoms with van der Waals surface area (Å²) in [5.74, 6) is 0.0599. The van der Waals surface area contributed by atoms with Crippen molar-refractivity contribution in [1.82, 2.24) is 9.80 Å². The Balaban J connectivity index is 2.22. The van der Waals surface area contributed by atoms with Gasteiger partial charge in [-0.2, -0.15) is 0 Å². The van der Waals surface area contributed by atoms with Gasteiger partial charge in [0.05, 0.1) is 0 Å². The van der Waals surface area contributed by atoms with Crippen LogP contribution < -0.4 is 0 Å². The summed E-state index contributed by atoms with van der Waals surface area (Å²) in [6.07, 6.45) is 4.87. The van der Waals surface area contributed by atoms with E-state index in [4.69, 9.17) is 5.11 Å². The third kappa shape index (κ3) is 6.93. The van der Waals surface area contributed by atoms with Gasteiger partial charge in [0.15, 0.2) is 0 Å². The van der Waals surface area contributed by atoms with Crippen LogP contribution in [0.2, 0.25) is 0 Å². The molecule has 1 atom stereocenters. The fraction of sp³-hybridized carbons (Fsp3) is 0.875. The van der Waals surface area contributed by atoms with E-state index in [2.05, 4.69) is 4.90 Å². The molecule has 1 heterocycles. The molecule has 1 amide bonds. The van der Waals surface area contributed by atoms with Crippen LogP contribution in [0, 0.1) is 5.92 Å². The van der Waals surface area contributed by atoms with Gasteiger partial charge < -0.3 is 14.9 Å². The first-order valence-electron chi connectivity index (χ1n) is 8.28. The summed E-state index contributed by atoms with van der Waals surface area (Å²) >= 11 is 0. The van der Waals surface area contributed by atoms with Gasteiger partial charge in [-0.05, 0) is 58.5 Å². The van der Waals surface area contributed by atoms with Crippen molar-refractivity contribution < 1.29 is 14.7 Å². The molecule has 5 heteroatoms. The van der Waals surface area contributed by atoms with Gasteiger partial charge in [-0.15, -0.1) is 0 Å². The number of rotatable bonds is 9. The Bertz CT molecular complexity index is 329. The van der Waals surface area contributed by atoms with E-state index in [1.807, 2.05) is 18.7 Å². The van der Waals surface area contributed by atoms with Crippen molar-refractivity contribution in [3.63, 3.8) is 0 Å². The summed E-state index contributed by atoms with van der Waals surface area (Å²) in [4.78, 5) is 26.8. The monoisotopic (exact) mass is 298 g/mol. The molecule has 1 aliphatic rings. The van der Waals surface area contributed by atoms with E-state index >= 15 is 0 Å². The third-order valence-corrected chi connectivity index (χ3v) is 4.35. The van der Waals surface area contributed by atoms with Gasteiger partial charge in [0.2, 0.25) is 5.91 Å². The number of nitrogens with zero attached hydrogens (tertiary/aromatic N) is 2. The largest absolute Gasteiger partial charge is 0.481 e. The van der Waals surface area contributed by atoms with Crippen LogP contribution in [0.4, 0.5) is 0 Å². The Hall–Kier alpha value is -1.10. The lowest BCUT2D eigenvalue weighted by Gasteiger charge is -2.32. The Labute approximate surface area is 128 Å². The molecule has 0 aromatic carbocycles. The zero-order valence-corrected chi connectivity index (χ0v) is 13.5. The van der Waals surface area contributed by atoms with Gasteiger partial charge >= 0.3 is 5.97 Å². The predicted molar refractivity (Wildman–Crippen MR) is 83.2 cm³/mol. The zero-order valence-electron chi connectivity index (χ0n) is 13.5. The lowest BCUT2D eigenvalue weighted by Crippen LogP contribution is -2.37. The van der Waals surface area contributed by atoms with Crippen LogP contribution >= 0.6 is 0 Å². The minimum Gasteiger partial charge on any atom is -0.481 e. The number of piperidine rings is 1. The molecule has 0 saturated carbocycles. The Morgan fingerprint density at radius 2 is 1.95 bits per heavy atom. The standard InChI is InChI=1S/C16H30N2O3/c1-3-18(4-2)15(19)8-6-12-17-11-5-7-14(13-17)9-10-16(20)21/h14H,3-13H2,1-2H3,(H,20,21). The van der Waals surface area contributed by atoms with Crippen molar-refractivity contribution in [2.75, 3.05) is 32.7 Å². The molecule has 0 spiro atoms. The highest BCUT2D eigenvalue weighted by Crippen LogP contribution is 2.21. The first kappa shape index (κ1) is 18.0. The van der Waals surface area contributed by atoms with Crippen molar-refractivity contribution in [3.8, 4) is 0 Å². The smallest absolute Gasteiger partial charge is 0.303 e. The fourth-order valence-corrected chi connectivity index (χ4v) is 3.11. The summed E-state index contributed by atoms with van der Waals surface area (Å²) in [6.45, 7) is 8.64. The Morgan fingerprint density at radius 1 is 1.24 bits per heavy atom. The van der Waals surface area contributed by atoms with Crippen LogP contribution in [-0.2, 0) is 9.59 Å². The van der Waals surface area contributed by atoms with Crippen LogP contribution in [0.3, 0.4) is 0 Å². The molecule has 1 saturated heterocycles. The van der Waals surface area contributed by atoms with Crippen molar-refractivity contribution in [3.05, 3.63) is 0 Å². The van der Waals surface area contributed by atoms with Gasteiger partial charge in [-0.3, -0.25) is 9.59 Å². The molecule has 0 aliphatic carbocycles. The van der Waals surface area contributed by atoms with Gasteiger partial charge in [-0.1, -0.05) is 0 Å². The summed E-state index contributed by atoms with van der Waals surface area (Å²) in [5, 5.41) is 8.76. The van der Waals surface area contributed by atoms with Crippen LogP contribution in [0.15, 0.2) is 0 Å². The molecule has 0 aromatic heterocycles. The molecular formula is C16H30N2O3. The highest BCUT2D eigenvalue weighted by atomic mass is 16.4. The lowest BCUT2D eigenvalue weighted by molar-refractivity contribution is -0.137. The minimum atomic E-state index is -0.697. The second-order valence-corrected chi connectivity index (χ2v) is 5.91. The molecule has 5 nitrogen and oxygen atoms in total. The van der Waals surface area contributed by atoms with E-state index in [1.165, 1.54) is 0 Å². The Morgan fingerprint density at radius 3 is 2.57 bits per heavy atom. The number of carbonyl (C=O) groups is 2. The summed E-state index contributed by atoms with van der Waals surface area (Å²) < 4.78 is 0. The zero-order chi connectivity index (χ0) is 15.7. The first-order chi connectivity index (χ1) is 10.1. The second-order valence-electron chi connectivity index (χ2n) is 5.91. The van der Waals surface area contributed by atoms with E-state index in [0.717, 1.165) is 58.4 Å². The van der Waals surface area contributed by atoms with E-state index in [9.17, 15) is 9.59 Å². The summed E-state index contributed by atoms with van der Waals surface area (Å²) in [6, 6.07) is 0. The molecule has 1 aliphatic heterocycles. The molecule has 122 valence electrons. The molecule has 21 heavy (non-hydrogen) atoms. The predicted octanol–water partition coefficient (Wildman–Crippen LogP) is 2.21. The van der Waals surface area contributed by atoms with Crippen molar-refractivity contribution >= 4 is 11.9 Å². The lowest BCUT2D eigenvalue weighted by atomic mass is 9.93. The van der Waals surface area contributed by atoms with Crippen molar-refractivity contribution in [1.29, 1.82) is 0 Å². The van der Waals surface area contributed by atoms with Gasteiger partial charge in [0.1, 0.15) is 0 Å². The first-order valence-corrected chi connectivity index (χ1v) is 8.28. The number of amides is 1. The van der Waals surface area contributed by atoms with Gasteiger partial charge in [0.25, 0.3) is 0 Å². The summed E-state index contributed by atoms with van der Waals surface area (Å²) in [7, 11) is 0. The highest BCUT2D eigenvalue weighted by molar-refractivity contribution is 5.76. The van der Waals surface area contributed by atoms with Crippen molar-refractivity contribution in [2.24, 2.45) is 5.92 Å². The maximum Gasteiger partial charge on any atom is 0.303 e. The molecule has 1 fully saturated rings. The van der Waals surface area contributed by atoms with Gasteiger partial charge in [0, 0.05) is 32.5 Å². The number of carboxylic acid groups (broad SMARTS) is 1. The average molecular weight is 298 g/mol.